The van der Waals surface area contributed by atoms with Crippen LogP contribution in [0.25, 0.3) is 11.4 Å². The molecule has 4 nitrogen and oxygen atoms in total. The molecule has 0 amide bonds. The van der Waals surface area contributed by atoms with E-state index in [1.165, 1.54) is 37.8 Å². The Balaban J connectivity index is 1.57. The number of hydrogen-bond acceptors (Lipinski definition) is 3. The van der Waals surface area contributed by atoms with Crippen molar-refractivity contribution in [3.63, 3.8) is 0 Å². The molecule has 0 bridgehead atoms. The fourth-order valence-corrected chi connectivity index (χ4v) is 4.16. The molecule has 7 heteroatoms. The minimum Gasteiger partial charge on any atom is -0.306 e. The molecule has 0 unspecified atom stereocenters. The van der Waals surface area contributed by atoms with Gasteiger partial charge in [-0.25, -0.2) is 4.98 Å². The summed E-state index contributed by atoms with van der Waals surface area (Å²) in [4.78, 5) is 22.1. The molecule has 0 atom stereocenters. The summed E-state index contributed by atoms with van der Waals surface area (Å²) in [5, 5.41) is 0. The Morgan fingerprint density at radius 3 is 2.52 bits per heavy atom. The fraction of sp³-hybridized carbons (Fsp3) is 0.500. The molecule has 2 aliphatic rings. The Labute approximate surface area is 155 Å². The van der Waals surface area contributed by atoms with E-state index in [0.29, 0.717) is 29.9 Å². The first-order chi connectivity index (χ1) is 12.9. The summed E-state index contributed by atoms with van der Waals surface area (Å²) in [6.07, 6.45) is 1.41. The molecule has 0 spiro atoms. The number of nitrogens with zero attached hydrogens (tertiary/aromatic N) is 2. The maximum absolute atomic E-state index is 12.7. The molecule has 1 aromatic heterocycles. The topological polar surface area (TPSA) is 49.0 Å². The second kappa shape index (κ2) is 7.11. The summed E-state index contributed by atoms with van der Waals surface area (Å²) < 4.78 is 38.2. The van der Waals surface area contributed by atoms with Crippen LogP contribution < -0.4 is 5.56 Å². The van der Waals surface area contributed by atoms with Crippen molar-refractivity contribution in [3.8, 4) is 11.4 Å². The van der Waals surface area contributed by atoms with Gasteiger partial charge in [0, 0.05) is 30.8 Å². The minimum absolute atomic E-state index is 0.185. The monoisotopic (exact) mass is 377 g/mol. The summed E-state index contributed by atoms with van der Waals surface area (Å²) in [5.74, 6) is 1.05. The predicted molar refractivity (Wildman–Crippen MR) is 96.2 cm³/mol. The van der Waals surface area contributed by atoms with Crippen LogP contribution in [0.2, 0.25) is 0 Å². The second-order valence-electron chi connectivity index (χ2n) is 7.55. The molecule has 0 saturated heterocycles. The van der Waals surface area contributed by atoms with Crippen LogP contribution in [0.15, 0.2) is 29.1 Å². The van der Waals surface area contributed by atoms with Gasteiger partial charge in [0.2, 0.25) is 0 Å². The van der Waals surface area contributed by atoms with Gasteiger partial charge in [0.25, 0.3) is 5.56 Å². The Bertz CT molecular complexity index is 868. The summed E-state index contributed by atoms with van der Waals surface area (Å²) in [7, 11) is 0. The number of alkyl halides is 3. The van der Waals surface area contributed by atoms with Gasteiger partial charge in [-0.2, -0.15) is 13.2 Å². The Kier molecular flexibility index (Phi) is 4.80. The van der Waals surface area contributed by atoms with Crippen LogP contribution in [-0.2, 0) is 19.1 Å². The molecular weight excluding hydrogens is 355 g/mol. The summed E-state index contributed by atoms with van der Waals surface area (Å²) in [6.45, 7) is 2.51. The molecule has 1 aromatic carbocycles. The van der Waals surface area contributed by atoms with Crippen molar-refractivity contribution in [3.05, 3.63) is 51.4 Å². The number of nitrogens with one attached hydrogen (secondary N) is 1. The van der Waals surface area contributed by atoms with Crippen molar-refractivity contribution in [1.82, 2.24) is 14.9 Å². The second-order valence-corrected chi connectivity index (χ2v) is 7.55. The van der Waals surface area contributed by atoms with Crippen molar-refractivity contribution < 1.29 is 13.2 Å². The van der Waals surface area contributed by atoms with Crippen LogP contribution >= 0.6 is 0 Å². The van der Waals surface area contributed by atoms with Gasteiger partial charge in [0.15, 0.2) is 0 Å². The van der Waals surface area contributed by atoms with Gasteiger partial charge in [-0.15, -0.1) is 0 Å². The van der Waals surface area contributed by atoms with Crippen molar-refractivity contribution in [1.29, 1.82) is 0 Å². The third-order valence-corrected chi connectivity index (χ3v) is 5.63. The number of benzene rings is 1. The van der Waals surface area contributed by atoms with Crippen LogP contribution in [0, 0.1) is 5.92 Å². The van der Waals surface area contributed by atoms with Crippen molar-refractivity contribution >= 4 is 0 Å². The van der Waals surface area contributed by atoms with Crippen LogP contribution in [0.5, 0.6) is 0 Å². The van der Waals surface area contributed by atoms with E-state index in [1.807, 2.05) is 0 Å². The zero-order valence-electron chi connectivity index (χ0n) is 15.0. The Morgan fingerprint density at radius 1 is 1.15 bits per heavy atom. The van der Waals surface area contributed by atoms with Gasteiger partial charge in [-0.05, 0) is 37.3 Å². The van der Waals surface area contributed by atoms with Gasteiger partial charge in [0.1, 0.15) is 5.82 Å². The average molecular weight is 377 g/mol. The number of aromatic amines is 1. The van der Waals surface area contributed by atoms with E-state index in [2.05, 4.69) is 14.9 Å². The van der Waals surface area contributed by atoms with E-state index >= 15 is 0 Å². The third kappa shape index (κ3) is 3.93. The predicted octanol–water partition coefficient (Wildman–Crippen LogP) is 4.00. The first-order valence-electron chi connectivity index (χ1n) is 9.42. The van der Waals surface area contributed by atoms with E-state index < -0.39 is 11.7 Å². The molecular formula is C20H22F3N3O. The molecule has 1 aliphatic carbocycles. The highest BCUT2D eigenvalue weighted by molar-refractivity contribution is 5.56. The largest absolute Gasteiger partial charge is 0.416 e. The van der Waals surface area contributed by atoms with Crippen LogP contribution in [-0.4, -0.2) is 28.0 Å². The van der Waals surface area contributed by atoms with E-state index in [0.717, 1.165) is 36.8 Å². The molecule has 0 radical (unpaired) electrons. The molecule has 1 saturated carbocycles. The van der Waals surface area contributed by atoms with Gasteiger partial charge in [-0.1, -0.05) is 25.0 Å². The van der Waals surface area contributed by atoms with Crippen molar-refractivity contribution in [2.24, 2.45) is 5.92 Å². The maximum Gasteiger partial charge on any atom is 0.416 e. The van der Waals surface area contributed by atoms with Gasteiger partial charge >= 0.3 is 6.18 Å². The molecule has 4 rings (SSSR count). The number of rotatable bonds is 3. The number of H-pyrrole nitrogens is 1. The van der Waals surface area contributed by atoms with Crippen LogP contribution in [0.1, 0.15) is 42.5 Å². The average Bonchev–Trinajstić information content (AvgIpc) is 3.14. The molecule has 1 aliphatic heterocycles. The highest BCUT2D eigenvalue weighted by Gasteiger charge is 2.30. The minimum atomic E-state index is -4.38. The van der Waals surface area contributed by atoms with Gasteiger partial charge in [-0.3, -0.25) is 9.69 Å². The van der Waals surface area contributed by atoms with Crippen molar-refractivity contribution in [2.45, 2.75) is 44.8 Å². The van der Waals surface area contributed by atoms with Crippen molar-refractivity contribution in [2.75, 3.05) is 13.1 Å². The lowest BCUT2D eigenvalue weighted by Gasteiger charge is -2.29. The number of fused-ring (bicyclic) bond motifs is 1. The first-order valence-corrected chi connectivity index (χ1v) is 9.42. The SMILES string of the molecule is O=c1[nH]c(-c2ccc(C(F)(F)F)cc2)nc2c1CCN(CC1CCCC1)C2. The summed E-state index contributed by atoms with van der Waals surface area (Å²) in [5.41, 5.74) is 1.03. The van der Waals surface area contributed by atoms with Crippen LogP contribution in [0.4, 0.5) is 13.2 Å². The number of aromatic nitrogens is 2. The first kappa shape index (κ1) is 18.2. The number of hydrogen-bond donors (Lipinski definition) is 1. The molecule has 1 fully saturated rings. The summed E-state index contributed by atoms with van der Waals surface area (Å²) in [6, 6.07) is 4.74. The van der Waals surface area contributed by atoms with Crippen LogP contribution in [0.3, 0.4) is 0 Å². The number of halogens is 3. The Morgan fingerprint density at radius 2 is 1.85 bits per heavy atom. The lowest BCUT2D eigenvalue weighted by atomic mass is 10.0. The molecule has 2 aromatic rings. The highest BCUT2D eigenvalue weighted by Crippen LogP contribution is 2.31. The normalized spacial score (nSPS) is 18.6. The quantitative estimate of drug-likeness (QED) is 0.880. The third-order valence-electron chi connectivity index (χ3n) is 5.63. The van der Waals surface area contributed by atoms with Gasteiger partial charge in [0.05, 0.1) is 11.3 Å². The summed E-state index contributed by atoms with van der Waals surface area (Å²) >= 11 is 0. The van der Waals surface area contributed by atoms with E-state index in [9.17, 15) is 18.0 Å². The molecule has 1 N–H and O–H groups in total. The lowest BCUT2D eigenvalue weighted by Crippen LogP contribution is -2.37. The fourth-order valence-electron chi connectivity index (χ4n) is 4.16. The smallest absolute Gasteiger partial charge is 0.306 e. The zero-order chi connectivity index (χ0) is 19.0. The molecule has 2 heterocycles. The van der Waals surface area contributed by atoms with E-state index in [-0.39, 0.29) is 5.56 Å². The van der Waals surface area contributed by atoms with E-state index in [4.69, 9.17) is 0 Å². The van der Waals surface area contributed by atoms with Gasteiger partial charge < -0.3 is 4.98 Å². The molecule has 27 heavy (non-hydrogen) atoms. The van der Waals surface area contributed by atoms with E-state index in [1.54, 1.807) is 0 Å². The lowest BCUT2D eigenvalue weighted by molar-refractivity contribution is -0.137. The Hall–Kier alpha value is -2.15. The maximum atomic E-state index is 12.7. The highest BCUT2D eigenvalue weighted by atomic mass is 19.4. The molecule has 144 valence electrons. The standard InChI is InChI=1S/C20H22F3N3O/c21-20(22,23)15-7-5-14(6-8-15)18-24-17-12-26(11-13-3-1-2-4-13)10-9-16(17)19(27)25-18/h5-8,13H,1-4,9-12H2,(H,24,25,27). The zero-order valence-corrected chi connectivity index (χ0v) is 15.0.